The molecule has 2 amide bonds. The number of hydrogen-bond acceptors (Lipinski definition) is 3. The van der Waals surface area contributed by atoms with Gasteiger partial charge in [0.2, 0.25) is 5.91 Å². The molecule has 0 fully saturated rings. The number of halogens is 1. The number of carbonyl (C=O) groups excluding carboxylic acids is 2. The molecule has 6 nitrogen and oxygen atoms in total. The summed E-state index contributed by atoms with van der Waals surface area (Å²) in [5.41, 5.74) is 1.46. The Hall–Kier alpha value is -2.28. The van der Waals surface area contributed by atoms with Crippen LogP contribution < -0.4 is 15.4 Å². The van der Waals surface area contributed by atoms with Crippen molar-refractivity contribution in [3.8, 4) is 5.75 Å². The molecule has 7 heteroatoms. The third kappa shape index (κ3) is 3.85. The number of H-pyrrole nitrogens is 1. The molecule has 0 aliphatic heterocycles. The van der Waals surface area contributed by atoms with E-state index in [2.05, 4.69) is 31.5 Å². The molecule has 0 aliphatic rings. The standard InChI is InChI=1S/C14H14BrN3O3/c1-8(19)17-10-3-4-13(21-2)11(6-10)18-14(20)12-5-9(15)7-16-12/h3-7,16H,1-2H3,(H,17,19)(H,18,20). The predicted octanol–water partition coefficient (Wildman–Crippen LogP) is 3.00. The molecule has 2 aromatic rings. The summed E-state index contributed by atoms with van der Waals surface area (Å²) in [6.45, 7) is 1.42. The van der Waals surface area contributed by atoms with E-state index >= 15 is 0 Å². The van der Waals surface area contributed by atoms with E-state index in [0.29, 0.717) is 22.8 Å². The maximum atomic E-state index is 12.1. The van der Waals surface area contributed by atoms with Crippen LogP contribution in [0, 0.1) is 0 Å². The summed E-state index contributed by atoms with van der Waals surface area (Å²) in [7, 11) is 1.51. The number of ether oxygens (including phenoxy) is 1. The quantitative estimate of drug-likeness (QED) is 0.791. The lowest BCUT2D eigenvalue weighted by molar-refractivity contribution is -0.114. The van der Waals surface area contributed by atoms with E-state index in [9.17, 15) is 9.59 Å². The summed E-state index contributed by atoms with van der Waals surface area (Å²) in [5.74, 6) is 0.00721. The van der Waals surface area contributed by atoms with Gasteiger partial charge in [-0.15, -0.1) is 0 Å². The van der Waals surface area contributed by atoms with Gasteiger partial charge in [0.1, 0.15) is 11.4 Å². The lowest BCUT2D eigenvalue weighted by atomic mass is 10.2. The highest BCUT2D eigenvalue weighted by Gasteiger charge is 2.12. The highest BCUT2D eigenvalue weighted by Crippen LogP contribution is 2.28. The molecule has 0 saturated carbocycles. The molecule has 1 aromatic heterocycles. The molecule has 0 unspecified atom stereocenters. The van der Waals surface area contributed by atoms with Gasteiger partial charge in [-0.3, -0.25) is 9.59 Å². The Morgan fingerprint density at radius 2 is 2.00 bits per heavy atom. The van der Waals surface area contributed by atoms with Crippen LogP contribution in [0.2, 0.25) is 0 Å². The van der Waals surface area contributed by atoms with Gasteiger partial charge in [0.25, 0.3) is 5.91 Å². The molecule has 0 saturated heterocycles. The smallest absolute Gasteiger partial charge is 0.272 e. The Labute approximate surface area is 130 Å². The molecule has 21 heavy (non-hydrogen) atoms. The minimum atomic E-state index is -0.307. The van der Waals surface area contributed by atoms with Gasteiger partial charge in [-0.1, -0.05) is 0 Å². The monoisotopic (exact) mass is 351 g/mol. The second-order valence-corrected chi connectivity index (χ2v) is 5.20. The molecule has 3 N–H and O–H groups in total. The normalized spacial score (nSPS) is 10.0. The van der Waals surface area contributed by atoms with Crippen LogP contribution in [0.25, 0.3) is 0 Å². The third-order valence-electron chi connectivity index (χ3n) is 2.66. The number of carbonyl (C=O) groups is 2. The number of rotatable bonds is 4. The lowest BCUT2D eigenvalue weighted by Crippen LogP contribution is -2.13. The predicted molar refractivity (Wildman–Crippen MR) is 83.7 cm³/mol. The van der Waals surface area contributed by atoms with Crippen molar-refractivity contribution in [2.45, 2.75) is 6.92 Å². The number of benzene rings is 1. The minimum absolute atomic E-state index is 0.189. The molecule has 0 spiro atoms. The van der Waals surface area contributed by atoms with Crippen LogP contribution in [0.15, 0.2) is 34.9 Å². The molecule has 0 bridgehead atoms. The summed E-state index contributed by atoms with van der Waals surface area (Å²) in [5, 5.41) is 5.39. The van der Waals surface area contributed by atoms with Gasteiger partial charge < -0.3 is 20.4 Å². The summed E-state index contributed by atoms with van der Waals surface area (Å²) in [6, 6.07) is 6.67. The fourth-order valence-electron chi connectivity index (χ4n) is 1.78. The largest absolute Gasteiger partial charge is 0.495 e. The van der Waals surface area contributed by atoms with E-state index in [4.69, 9.17) is 4.74 Å². The Morgan fingerprint density at radius 1 is 1.24 bits per heavy atom. The lowest BCUT2D eigenvalue weighted by Gasteiger charge is -2.12. The molecule has 1 heterocycles. The van der Waals surface area contributed by atoms with Crippen molar-refractivity contribution >= 4 is 39.1 Å². The molecular weight excluding hydrogens is 338 g/mol. The van der Waals surface area contributed by atoms with Crippen LogP contribution in [0.3, 0.4) is 0 Å². The summed E-state index contributed by atoms with van der Waals surface area (Å²) in [4.78, 5) is 26.0. The summed E-state index contributed by atoms with van der Waals surface area (Å²) in [6.07, 6.45) is 1.67. The number of nitrogens with one attached hydrogen (secondary N) is 3. The minimum Gasteiger partial charge on any atom is -0.495 e. The van der Waals surface area contributed by atoms with Gasteiger partial charge >= 0.3 is 0 Å². The first-order valence-electron chi connectivity index (χ1n) is 6.10. The van der Waals surface area contributed by atoms with E-state index in [-0.39, 0.29) is 11.8 Å². The Kier molecular flexibility index (Phi) is 4.64. The number of hydrogen-bond donors (Lipinski definition) is 3. The topological polar surface area (TPSA) is 83.2 Å². The molecule has 0 aliphatic carbocycles. The van der Waals surface area contributed by atoms with Crippen LogP contribution in [0.5, 0.6) is 5.75 Å². The van der Waals surface area contributed by atoms with Crippen LogP contribution in [-0.2, 0) is 4.79 Å². The van der Waals surface area contributed by atoms with E-state index in [0.717, 1.165) is 4.47 Å². The van der Waals surface area contributed by atoms with Crippen LogP contribution in [0.1, 0.15) is 17.4 Å². The molecule has 0 radical (unpaired) electrons. The second kappa shape index (κ2) is 6.45. The SMILES string of the molecule is COc1ccc(NC(C)=O)cc1NC(=O)c1cc(Br)c[nH]1. The first kappa shape index (κ1) is 15.1. The maximum Gasteiger partial charge on any atom is 0.272 e. The van der Waals surface area contributed by atoms with E-state index in [1.165, 1.54) is 14.0 Å². The van der Waals surface area contributed by atoms with Crippen molar-refractivity contribution in [3.05, 3.63) is 40.6 Å². The van der Waals surface area contributed by atoms with Crippen molar-refractivity contribution in [1.29, 1.82) is 0 Å². The fraction of sp³-hybridized carbons (Fsp3) is 0.143. The van der Waals surface area contributed by atoms with Gasteiger partial charge in [0.05, 0.1) is 12.8 Å². The average Bonchev–Trinajstić information content (AvgIpc) is 2.85. The first-order valence-corrected chi connectivity index (χ1v) is 6.90. The maximum absolute atomic E-state index is 12.1. The van der Waals surface area contributed by atoms with Gasteiger partial charge in [-0.25, -0.2) is 0 Å². The van der Waals surface area contributed by atoms with Crippen molar-refractivity contribution in [3.63, 3.8) is 0 Å². The second-order valence-electron chi connectivity index (χ2n) is 4.28. The third-order valence-corrected chi connectivity index (χ3v) is 3.12. The Balaban J connectivity index is 2.24. The zero-order valence-corrected chi connectivity index (χ0v) is 13.1. The first-order chi connectivity index (χ1) is 9.99. The highest BCUT2D eigenvalue weighted by molar-refractivity contribution is 9.10. The fourth-order valence-corrected chi connectivity index (χ4v) is 2.12. The Morgan fingerprint density at radius 3 is 2.57 bits per heavy atom. The van der Waals surface area contributed by atoms with Gasteiger partial charge in [-0.05, 0) is 40.2 Å². The highest BCUT2D eigenvalue weighted by atomic mass is 79.9. The molecule has 2 rings (SSSR count). The van der Waals surface area contributed by atoms with Crippen molar-refractivity contribution in [1.82, 2.24) is 4.98 Å². The molecule has 1 aromatic carbocycles. The van der Waals surface area contributed by atoms with Crippen molar-refractivity contribution < 1.29 is 14.3 Å². The number of aromatic amines is 1. The van der Waals surface area contributed by atoms with Gasteiger partial charge in [0, 0.05) is 23.3 Å². The average molecular weight is 352 g/mol. The van der Waals surface area contributed by atoms with E-state index < -0.39 is 0 Å². The summed E-state index contributed by atoms with van der Waals surface area (Å²) >= 11 is 3.27. The molecule has 0 atom stereocenters. The zero-order valence-electron chi connectivity index (χ0n) is 11.5. The van der Waals surface area contributed by atoms with E-state index in [1.807, 2.05) is 0 Å². The number of aromatic nitrogens is 1. The van der Waals surface area contributed by atoms with Crippen LogP contribution >= 0.6 is 15.9 Å². The number of amides is 2. The van der Waals surface area contributed by atoms with Crippen LogP contribution in [0.4, 0.5) is 11.4 Å². The molecule has 110 valence electrons. The van der Waals surface area contributed by atoms with Crippen molar-refractivity contribution in [2.75, 3.05) is 17.7 Å². The van der Waals surface area contributed by atoms with Gasteiger partial charge in [0.15, 0.2) is 0 Å². The van der Waals surface area contributed by atoms with E-state index in [1.54, 1.807) is 30.5 Å². The van der Waals surface area contributed by atoms with Crippen LogP contribution in [-0.4, -0.2) is 23.9 Å². The Bertz CT molecular complexity index is 682. The number of anilines is 2. The van der Waals surface area contributed by atoms with Gasteiger partial charge in [-0.2, -0.15) is 0 Å². The zero-order chi connectivity index (χ0) is 15.4. The van der Waals surface area contributed by atoms with Crippen molar-refractivity contribution in [2.24, 2.45) is 0 Å². The summed E-state index contributed by atoms with van der Waals surface area (Å²) < 4.78 is 5.98. The number of methoxy groups -OCH3 is 1. The molecular formula is C14H14BrN3O3.